The van der Waals surface area contributed by atoms with Gasteiger partial charge in [-0.05, 0) is 44.5 Å². The van der Waals surface area contributed by atoms with Crippen molar-refractivity contribution in [2.45, 2.75) is 39.7 Å². The fourth-order valence-corrected chi connectivity index (χ4v) is 1.61. The summed E-state index contributed by atoms with van der Waals surface area (Å²) in [6.07, 6.45) is 2.01. The summed E-state index contributed by atoms with van der Waals surface area (Å²) in [4.78, 5) is 34.7. The predicted octanol–water partition coefficient (Wildman–Crippen LogP) is 1.15. The van der Waals surface area contributed by atoms with Crippen LogP contribution in [0.15, 0.2) is 24.3 Å². The second kappa shape index (κ2) is 9.45. The molecule has 0 saturated heterocycles. The highest BCUT2D eigenvalue weighted by atomic mass is 16.5. The largest absolute Gasteiger partial charge is 0.494 e. The first-order valence-corrected chi connectivity index (χ1v) is 7.58. The topological polar surface area (TPSA) is 96.5 Å². The third-order valence-corrected chi connectivity index (χ3v) is 2.80. The van der Waals surface area contributed by atoms with Crippen LogP contribution >= 0.6 is 0 Å². The second-order valence-electron chi connectivity index (χ2n) is 5.26. The van der Waals surface area contributed by atoms with Crippen LogP contribution in [-0.2, 0) is 9.59 Å². The number of amides is 3. The number of carbonyl (C=O) groups is 3. The molecule has 0 radical (unpaired) electrons. The van der Waals surface area contributed by atoms with E-state index in [1.54, 1.807) is 38.1 Å². The molecule has 0 aliphatic heterocycles. The van der Waals surface area contributed by atoms with Crippen LogP contribution in [0.5, 0.6) is 5.75 Å². The van der Waals surface area contributed by atoms with Crippen LogP contribution < -0.4 is 20.9 Å². The van der Waals surface area contributed by atoms with E-state index >= 15 is 0 Å². The maximum absolute atomic E-state index is 11.9. The minimum atomic E-state index is -0.924. The Morgan fingerprint density at radius 2 is 1.70 bits per heavy atom. The summed E-state index contributed by atoms with van der Waals surface area (Å²) < 4.78 is 5.49. The van der Waals surface area contributed by atoms with E-state index in [2.05, 4.69) is 23.1 Å². The molecule has 0 saturated carbocycles. The first-order chi connectivity index (χ1) is 10.9. The number of hydrogen-bond donors (Lipinski definition) is 3. The molecule has 0 aromatic heterocycles. The van der Waals surface area contributed by atoms with Gasteiger partial charge in [-0.25, -0.2) is 0 Å². The van der Waals surface area contributed by atoms with E-state index in [0.29, 0.717) is 17.9 Å². The van der Waals surface area contributed by atoms with Crippen LogP contribution in [-0.4, -0.2) is 30.4 Å². The van der Waals surface area contributed by atoms with Gasteiger partial charge in [0, 0.05) is 11.6 Å². The number of hydrogen-bond acceptors (Lipinski definition) is 4. The molecule has 7 heteroatoms. The van der Waals surface area contributed by atoms with Gasteiger partial charge >= 0.3 is 11.8 Å². The molecule has 0 atom stereocenters. The number of unbranched alkanes of at least 4 members (excludes halogenated alkanes) is 1. The summed E-state index contributed by atoms with van der Waals surface area (Å²) in [6, 6.07) is 6.35. The van der Waals surface area contributed by atoms with Crippen molar-refractivity contribution in [1.82, 2.24) is 16.2 Å². The van der Waals surface area contributed by atoms with Crippen molar-refractivity contribution in [3.8, 4) is 5.75 Å². The van der Waals surface area contributed by atoms with E-state index in [-0.39, 0.29) is 6.04 Å². The van der Waals surface area contributed by atoms with E-state index in [1.165, 1.54) is 0 Å². The van der Waals surface area contributed by atoms with Gasteiger partial charge in [0.25, 0.3) is 5.91 Å². The Morgan fingerprint density at radius 3 is 2.26 bits per heavy atom. The molecule has 0 spiro atoms. The van der Waals surface area contributed by atoms with Crippen molar-refractivity contribution >= 4 is 17.7 Å². The van der Waals surface area contributed by atoms with Gasteiger partial charge in [-0.15, -0.1) is 0 Å². The summed E-state index contributed by atoms with van der Waals surface area (Å²) in [7, 11) is 0. The Kier molecular flexibility index (Phi) is 7.59. The lowest BCUT2D eigenvalue weighted by molar-refractivity contribution is -0.139. The van der Waals surface area contributed by atoms with Crippen LogP contribution in [0, 0.1) is 0 Å². The number of nitrogens with one attached hydrogen (secondary N) is 3. The third-order valence-electron chi connectivity index (χ3n) is 2.80. The molecule has 7 nitrogen and oxygen atoms in total. The lowest BCUT2D eigenvalue weighted by atomic mass is 10.2. The minimum absolute atomic E-state index is 0.163. The summed E-state index contributed by atoms with van der Waals surface area (Å²) in [5.41, 5.74) is 4.59. The molecule has 0 unspecified atom stereocenters. The van der Waals surface area contributed by atoms with Gasteiger partial charge in [0.1, 0.15) is 5.75 Å². The molecule has 1 aromatic carbocycles. The van der Waals surface area contributed by atoms with Crippen molar-refractivity contribution in [1.29, 1.82) is 0 Å². The summed E-state index contributed by atoms with van der Waals surface area (Å²) in [5, 5.41) is 2.42. The van der Waals surface area contributed by atoms with E-state index in [9.17, 15) is 14.4 Å². The van der Waals surface area contributed by atoms with Gasteiger partial charge in [0.05, 0.1) is 6.61 Å². The molecule has 23 heavy (non-hydrogen) atoms. The number of rotatable bonds is 6. The van der Waals surface area contributed by atoms with Crippen molar-refractivity contribution in [2.75, 3.05) is 6.61 Å². The van der Waals surface area contributed by atoms with Crippen LogP contribution in [0.2, 0.25) is 0 Å². The van der Waals surface area contributed by atoms with Crippen LogP contribution in [0.1, 0.15) is 44.0 Å². The fourth-order valence-electron chi connectivity index (χ4n) is 1.61. The van der Waals surface area contributed by atoms with Crippen molar-refractivity contribution in [3.63, 3.8) is 0 Å². The van der Waals surface area contributed by atoms with Gasteiger partial charge in [-0.2, -0.15) is 0 Å². The quantitative estimate of drug-likeness (QED) is 0.416. The highest BCUT2D eigenvalue weighted by Gasteiger charge is 2.15. The lowest BCUT2D eigenvalue weighted by Crippen LogP contribution is -2.49. The zero-order chi connectivity index (χ0) is 17.2. The molecule has 3 N–H and O–H groups in total. The fraction of sp³-hybridized carbons (Fsp3) is 0.438. The van der Waals surface area contributed by atoms with E-state index in [4.69, 9.17) is 4.74 Å². The summed E-state index contributed by atoms with van der Waals surface area (Å²) in [6.45, 7) is 6.16. The average Bonchev–Trinajstić information content (AvgIpc) is 2.52. The SMILES string of the molecule is CCCCOc1ccc(C(=O)NNC(=O)C(=O)NC(C)C)cc1. The minimum Gasteiger partial charge on any atom is -0.494 e. The van der Waals surface area contributed by atoms with Crippen LogP contribution in [0.3, 0.4) is 0 Å². The summed E-state index contributed by atoms with van der Waals surface area (Å²) >= 11 is 0. The summed E-state index contributed by atoms with van der Waals surface area (Å²) in [5.74, 6) is -1.57. The van der Waals surface area contributed by atoms with Crippen LogP contribution in [0.4, 0.5) is 0 Å². The smallest absolute Gasteiger partial charge is 0.327 e. The highest BCUT2D eigenvalue weighted by molar-refractivity contribution is 6.35. The van der Waals surface area contributed by atoms with Gasteiger partial charge in [0.2, 0.25) is 0 Å². The molecule has 0 aliphatic carbocycles. The van der Waals surface area contributed by atoms with Crippen molar-refractivity contribution in [3.05, 3.63) is 29.8 Å². The molecule has 1 rings (SSSR count). The zero-order valence-electron chi connectivity index (χ0n) is 13.6. The van der Waals surface area contributed by atoms with Crippen molar-refractivity contribution in [2.24, 2.45) is 0 Å². The van der Waals surface area contributed by atoms with Gasteiger partial charge in [-0.1, -0.05) is 13.3 Å². The van der Waals surface area contributed by atoms with E-state index < -0.39 is 17.7 Å². The Bertz CT molecular complexity index is 541. The molecule has 0 heterocycles. The Morgan fingerprint density at radius 1 is 1.04 bits per heavy atom. The number of carbonyl (C=O) groups excluding carboxylic acids is 3. The molecular weight excluding hydrogens is 298 g/mol. The van der Waals surface area contributed by atoms with Gasteiger partial charge < -0.3 is 10.1 Å². The molecule has 0 aliphatic rings. The lowest BCUT2D eigenvalue weighted by Gasteiger charge is -2.10. The number of hydrazine groups is 1. The van der Waals surface area contributed by atoms with E-state index in [0.717, 1.165) is 12.8 Å². The molecule has 126 valence electrons. The van der Waals surface area contributed by atoms with E-state index in [1.807, 2.05) is 0 Å². The number of ether oxygens (including phenoxy) is 1. The molecule has 3 amide bonds. The maximum Gasteiger partial charge on any atom is 0.327 e. The first-order valence-electron chi connectivity index (χ1n) is 7.58. The third kappa shape index (κ3) is 6.82. The van der Waals surface area contributed by atoms with Gasteiger partial charge in [-0.3, -0.25) is 25.2 Å². The second-order valence-corrected chi connectivity index (χ2v) is 5.26. The van der Waals surface area contributed by atoms with Crippen LogP contribution in [0.25, 0.3) is 0 Å². The molecular formula is C16H23N3O4. The zero-order valence-corrected chi connectivity index (χ0v) is 13.6. The number of benzene rings is 1. The predicted molar refractivity (Wildman–Crippen MR) is 85.7 cm³/mol. The van der Waals surface area contributed by atoms with Gasteiger partial charge in [0.15, 0.2) is 0 Å². The Labute approximate surface area is 135 Å². The molecule has 0 fully saturated rings. The Balaban J connectivity index is 2.45. The maximum atomic E-state index is 11.9. The first kappa shape index (κ1) is 18.5. The normalized spacial score (nSPS) is 10.1. The highest BCUT2D eigenvalue weighted by Crippen LogP contribution is 2.12. The molecule has 0 bridgehead atoms. The standard InChI is InChI=1S/C16H23N3O4/c1-4-5-10-23-13-8-6-12(7-9-13)14(20)18-19-16(22)15(21)17-11(2)3/h6-9,11H,4-5,10H2,1-3H3,(H,17,21)(H,18,20)(H,19,22). The average molecular weight is 321 g/mol. The van der Waals surface area contributed by atoms with Crippen molar-refractivity contribution < 1.29 is 19.1 Å². The monoisotopic (exact) mass is 321 g/mol. The Hall–Kier alpha value is -2.57. The molecule has 1 aromatic rings.